The standard InChI is InChI=1S/C21H21N3O3S/c1-3-18(25)22-14-9-8-13(2)15(12-14)23-20(27)21-11-10-19(26)24(21)16-6-4-5-7-17(16)28-21/h4-9,12H,3,10-11H2,1-2H3,(H,22,25)(H,23,27). The van der Waals surface area contributed by atoms with E-state index in [2.05, 4.69) is 10.6 Å². The Morgan fingerprint density at radius 2 is 1.96 bits per heavy atom. The molecule has 2 aliphatic rings. The number of rotatable bonds is 4. The molecule has 7 heteroatoms. The van der Waals surface area contributed by atoms with E-state index in [0.29, 0.717) is 30.6 Å². The molecule has 1 unspecified atom stereocenters. The van der Waals surface area contributed by atoms with Crippen LogP contribution in [0.25, 0.3) is 0 Å². The van der Waals surface area contributed by atoms with Crippen molar-refractivity contribution in [2.24, 2.45) is 0 Å². The fourth-order valence-electron chi connectivity index (χ4n) is 3.60. The molecule has 0 aliphatic carbocycles. The Kier molecular flexibility index (Phi) is 4.63. The van der Waals surface area contributed by atoms with Gasteiger partial charge in [0.15, 0.2) is 4.87 Å². The van der Waals surface area contributed by atoms with E-state index in [0.717, 1.165) is 16.1 Å². The van der Waals surface area contributed by atoms with Crippen LogP contribution < -0.4 is 15.5 Å². The monoisotopic (exact) mass is 395 g/mol. The summed E-state index contributed by atoms with van der Waals surface area (Å²) in [5.41, 5.74) is 2.94. The number of thioether (sulfide) groups is 1. The lowest BCUT2D eigenvalue weighted by molar-refractivity contribution is -0.121. The minimum atomic E-state index is -0.962. The van der Waals surface area contributed by atoms with Crippen LogP contribution in [-0.4, -0.2) is 22.6 Å². The molecule has 2 aliphatic heterocycles. The molecule has 0 bridgehead atoms. The van der Waals surface area contributed by atoms with Gasteiger partial charge >= 0.3 is 0 Å². The number of nitrogens with one attached hydrogen (secondary N) is 2. The van der Waals surface area contributed by atoms with Crippen LogP contribution in [0.2, 0.25) is 0 Å². The molecule has 1 atom stereocenters. The third-order valence-corrected chi connectivity index (χ3v) is 6.59. The number of hydrogen-bond acceptors (Lipinski definition) is 4. The van der Waals surface area contributed by atoms with Gasteiger partial charge in [-0.05, 0) is 43.2 Å². The second-order valence-electron chi connectivity index (χ2n) is 6.97. The van der Waals surface area contributed by atoms with Crippen molar-refractivity contribution in [3.63, 3.8) is 0 Å². The van der Waals surface area contributed by atoms with Gasteiger partial charge in [0.1, 0.15) is 0 Å². The predicted molar refractivity (Wildman–Crippen MR) is 110 cm³/mol. The van der Waals surface area contributed by atoms with E-state index < -0.39 is 4.87 Å². The maximum absolute atomic E-state index is 13.4. The summed E-state index contributed by atoms with van der Waals surface area (Å²) < 4.78 is 0. The molecule has 0 spiro atoms. The van der Waals surface area contributed by atoms with E-state index in [9.17, 15) is 14.4 Å². The van der Waals surface area contributed by atoms with Crippen LogP contribution in [0.15, 0.2) is 47.4 Å². The van der Waals surface area contributed by atoms with E-state index in [1.54, 1.807) is 17.9 Å². The molecule has 3 amide bonds. The Morgan fingerprint density at radius 1 is 1.18 bits per heavy atom. The maximum atomic E-state index is 13.4. The van der Waals surface area contributed by atoms with E-state index >= 15 is 0 Å². The van der Waals surface area contributed by atoms with Gasteiger partial charge in [-0.25, -0.2) is 0 Å². The van der Waals surface area contributed by atoms with Crippen LogP contribution in [0.5, 0.6) is 0 Å². The molecule has 0 saturated carbocycles. The minimum Gasteiger partial charge on any atom is -0.326 e. The Balaban J connectivity index is 1.63. The Morgan fingerprint density at radius 3 is 2.75 bits per heavy atom. The summed E-state index contributed by atoms with van der Waals surface area (Å²) in [5, 5.41) is 5.80. The highest BCUT2D eigenvalue weighted by Gasteiger charge is 2.57. The summed E-state index contributed by atoms with van der Waals surface area (Å²) in [6.07, 6.45) is 1.19. The third kappa shape index (κ3) is 2.96. The largest absolute Gasteiger partial charge is 0.326 e. The van der Waals surface area contributed by atoms with E-state index in [1.807, 2.05) is 43.3 Å². The van der Waals surface area contributed by atoms with Crippen molar-refractivity contribution in [1.29, 1.82) is 0 Å². The van der Waals surface area contributed by atoms with Crippen molar-refractivity contribution in [3.05, 3.63) is 48.0 Å². The topological polar surface area (TPSA) is 78.5 Å². The predicted octanol–water partition coefficient (Wildman–Crippen LogP) is 3.91. The zero-order valence-corrected chi connectivity index (χ0v) is 16.6. The van der Waals surface area contributed by atoms with Crippen molar-refractivity contribution < 1.29 is 14.4 Å². The summed E-state index contributed by atoms with van der Waals surface area (Å²) in [6.45, 7) is 3.68. The van der Waals surface area contributed by atoms with Gasteiger partial charge in [-0.1, -0.05) is 36.9 Å². The molecule has 2 heterocycles. The zero-order chi connectivity index (χ0) is 19.9. The van der Waals surface area contributed by atoms with E-state index in [1.165, 1.54) is 11.8 Å². The first kappa shape index (κ1) is 18.6. The fraction of sp³-hybridized carbons (Fsp3) is 0.286. The van der Waals surface area contributed by atoms with E-state index in [4.69, 9.17) is 0 Å². The number of anilines is 3. The highest BCUT2D eigenvalue weighted by Crippen LogP contribution is 2.56. The molecule has 4 rings (SSSR count). The zero-order valence-electron chi connectivity index (χ0n) is 15.7. The van der Waals surface area contributed by atoms with Crippen LogP contribution in [-0.2, 0) is 14.4 Å². The van der Waals surface area contributed by atoms with Gasteiger partial charge in [-0.3, -0.25) is 19.3 Å². The second-order valence-corrected chi connectivity index (χ2v) is 8.29. The van der Waals surface area contributed by atoms with Crippen LogP contribution in [0.1, 0.15) is 31.7 Å². The second kappa shape index (κ2) is 6.98. The van der Waals surface area contributed by atoms with Gasteiger partial charge in [0.25, 0.3) is 5.91 Å². The summed E-state index contributed by atoms with van der Waals surface area (Å²) in [5.74, 6) is -0.344. The molecule has 144 valence electrons. The molecule has 1 fully saturated rings. The van der Waals surface area contributed by atoms with Crippen molar-refractivity contribution in [3.8, 4) is 0 Å². The summed E-state index contributed by atoms with van der Waals surface area (Å²) >= 11 is 1.43. The molecule has 0 aromatic heterocycles. The van der Waals surface area contributed by atoms with Crippen molar-refractivity contribution in [2.75, 3.05) is 15.5 Å². The SMILES string of the molecule is CCC(=O)Nc1ccc(C)c(NC(=O)C23CCC(=O)N2c2ccccc2S3)c1. The molecule has 2 aromatic rings. The first-order valence-electron chi connectivity index (χ1n) is 9.27. The Bertz CT molecular complexity index is 991. The number of carbonyl (C=O) groups excluding carboxylic acids is 3. The van der Waals surface area contributed by atoms with Crippen LogP contribution >= 0.6 is 11.8 Å². The number of aryl methyl sites for hydroxylation is 1. The van der Waals surface area contributed by atoms with Gasteiger partial charge < -0.3 is 10.6 Å². The minimum absolute atomic E-state index is 0.0340. The number of nitrogens with zero attached hydrogens (tertiary/aromatic N) is 1. The highest BCUT2D eigenvalue weighted by molar-refractivity contribution is 8.02. The van der Waals surface area contributed by atoms with Gasteiger partial charge in [0.05, 0.1) is 5.69 Å². The number of benzene rings is 2. The molecular weight excluding hydrogens is 374 g/mol. The summed E-state index contributed by atoms with van der Waals surface area (Å²) in [7, 11) is 0. The third-order valence-electron chi connectivity index (χ3n) is 5.12. The number of para-hydroxylation sites is 1. The average molecular weight is 395 g/mol. The molecule has 0 radical (unpaired) electrons. The smallest absolute Gasteiger partial charge is 0.261 e. The van der Waals surface area contributed by atoms with Crippen LogP contribution in [0, 0.1) is 6.92 Å². The molecule has 1 saturated heterocycles. The van der Waals surface area contributed by atoms with Gasteiger partial charge in [0.2, 0.25) is 11.8 Å². The molecule has 28 heavy (non-hydrogen) atoms. The molecule has 6 nitrogen and oxygen atoms in total. The van der Waals surface area contributed by atoms with Gasteiger partial charge in [-0.15, -0.1) is 0 Å². The quantitative estimate of drug-likeness (QED) is 0.823. The molecule has 2 N–H and O–H groups in total. The van der Waals surface area contributed by atoms with Crippen molar-refractivity contribution in [2.45, 2.75) is 42.9 Å². The number of carbonyl (C=O) groups is 3. The Labute approximate surface area is 167 Å². The van der Waals surface area contributed by atoms with Gasteiger partial charge in [-0.2, -0.15) is 0 Å². The Hall–Kier alpha value is -2.80. The number of amides is 3. The van der Waals surface area contributed by atoms with Crippen LogP contribution in [0.4, 0.5) is 17.1 Å². The number of hydrogen-bond donors (Lipinski definition) is 2. The first-order valence-corrected chi connectivity index (χ1v) is 10.1. The first-order chi connectivity index (χ1) is 13.4. The lowest BCUT2D eigenvalue weighted by Crippen LogP contribution is -2.49. The highest BCUT2D eigenvalue weighted by atomic mass is 32.2. The number of fused-ring (bicyclic) bond motifs is 3. The lowest BCUT2D eigenvalue weighted by Gasteiger charge is -2.30. The molecule has 2 aromatic carbocycles. The normalized spacial score (nSPS) is 19.9. The van der Waals surface area contributed by atoms with Crippen LogP contribution in [0.3, 0.4) is 0 Å². The lowest BCUT2D eigenvalue weighted by atomic mass is 10.1. The summed E-state index contributed by atoms with van der Waals surface area (Å²) in [6, 6.07) is 13.0. The van der Waals surface area contributed by atoms with Crippen molar-refractivity contribution in [1.82, 2.24) is 0 Å². The van der Waals surface area contributed by atoms with Crippen molar-refractivity contribution >= 4 is 46.5 Å². The van der Waals surface area contributed by atoms with Gasteiger partial charge in [0, 0.05) is 29.1 Å². The van der Waals surface area contributed by atoms with E-state index in [-0.39, 0.29) is 17.7 Å². The summed E-state index contributed by atoms with van der Waals surface area (Å²) in [4.78, 5) is 39.2. The maximum Gasteiger partial charge on any atom is 0.261 e. The average Bonchev–Trinajstić information content (AvgIpc) is 3.20. The fourth-order valence-corrected chi connectivity index (χ4v) is 5.02. The molecular formula is C21H21N3O3S.